The summed E-state index contributed by atoms with van der Waals surface area (Å²) in [5.41, 5.74) is 7.04. The quantitative estimate of drug-likeness (QED) is 0.196. The summed E-state index contributed by atoms with van der Waals surface area (Å²) in [6.07, 6.45) is 7.75. The van der Waals surface area contributed by atoms with Crippen LogP contribution in [-0.4, -0.2) is 23.9 Å². The molecular weight excluding hydrogens is 500 g/mol. The zero-order valence-corrected chi connectivity index (χ0v) is 21.9. The molecule has 37 heavy (non-hydrogen) atoms. The number of anilines is 1. The number of hydrogen-bond donors (Lipinski definition) is 2. The molecule has 7 heteroatoms. The molecule has 2 aromatic carbocycles. The van der Waals surface area contributed by atoms with E-state index in [1.165, 1.54) is 28.0 Å². The predicted octanol–water partition coefficient (Wildman–Crippen LogP) is 7.06. The highest BCUT2D eigenvalue weighted by Gasteiger charge is 2.41. The van der Waals surface area contributed by atoms with Crippen LogP contribution < -0.4 is 5.32 Å². The van der Waals surface area contributed by atoms with Crippen LogP contribution in [-0.2, 0) is 16.9 Å². The zero-order chi connectivity index (χ0) is 25.4. The average molecular weight is 527 g/mol. The highest BCUT2D eigenvalue weighted by molar-refractivity contribution is 8.00. The molecular formula is C30H26N2O3S2. The lowest BCUT2D eigenvalue weighted by Gasteiger charge is -2.28. The summed E-state index contributed by atoms with van der Waals surface area (Å²) in [7, 11) is 1.70. The first-order chi connectivity index (χ1) is 18.2. The molecule has 0 saturated heterocycles. The number of hydrogen-bond acceptors (Lipinski definition) is 6. The third-order valence-electron chi connectivity index (χ3n) is 7.06. The lowest BCUT2D eigenvalue weighted by Crippen LogP contribution is -2.25. The summed E-state index contributed by atoms with van der Waals surface area (Å²) in [5, 5.41) is 17.0. The second-order valence-corrected chi connectivity index (χ2v) is 11.6. The van der Waals surface area contributed by atoms with Gasteiger partial charge in [0.25, 0.3) is 5.91 Å². The third kappa shape index (κ3) is 4.65. The number of carbonyl (C=O) groups is 1. The molecule has 6 rings (SSSR count). The van der Waals surface area contributed by atoms with Crippen LogP contribution in [0.3, 0.4) is 0 Å². The van der Waals surface area contributed by atoms with E-state index in [-0.39, 0.29) is 17.7 Å². The predicted molar refractivity (Wildman–Crippen MR) is 150 cm³/mol. The van der Waals surface area contributed by atoms with E-state index in [9.17, 15) is 10.0 Å². The van der Waals surface area contributed by atoms with E-state index in [0.717, 1.165) is 39.0 Å². The van der Waals surface area contributed by atoms with E-state index < -0.39 is 0 Å². The van der Waals surface area contributed by atoms with Crippen LogP contribution in [0.15, 0.2) is 105 Å². The summed E-state index contributed by atoms with van der Waals surface area (Å²) >= 11 is 3.20. The third-order valence-corrected chi connectivity index (χ3v) is 9.63. The number of amides is 1. The van der Waals surface area contributed by atoms with Crippen molar-refractivity contribution in [3.63, 3.8) is 0 Å². The van der Waals surface area contributed by atoms with Gasteiger partial charge < -0.3 is 15.3 Å². The topological polar surface area (TPSA) is 70.9 Å². The fourth-order valence-corrected chi connectivity index (χ4v) is 7.74. The second kappa shape index (κ2) is 10.1. The standard InChI is InChI=1S/C30H26N2O3S2/c1-35-26-13-12-21(22-16-23(22)26)19-14-24-27(25(15-19)32-34)30(36-17-18-8-4-2-5-9-18)37-28(24)29(33)31-20-10-6-3-7-11-20/h2-13,16,19,22,34H,14-15,17H2,1H3,(H,31,33)/b32-25+/t19?,22-/m1/s1. The number of carbonyl (C=O) groups excluding carboxylic acids is 1. The van der Waals surface area contributed by atoms with E-state index in [2.05, 4.69) is 34.8 Å². The molecule has 1 aromatic heterocycles. The summed E-state index contributed by atoms with van der Waals surface area (Å²) in [6.45, 7) is 0. The molecule has 0 aliphatic heterocycles. The zero-order valence-electron chi connectivity index (χ0n) is 20.3. The lowest BCUT2D eigenvalue weighted by atomic mass is 9.76. The number of oxime groups is 1. The van der Waals surface area contributed by atoms with Crippen molar-refractivity contribution in [2.45, 2.75) is 22.8 Å². The molecule has 3 aliphatic rings. The largest absolute Gasteiger partial charge is 0.496 e. The minimum absolute atomic E-state index is 0.124. The van der Waals surface area contributed by atoms with Gasteiger partial charge in [0.1, 0.15) is 5.76 Å². The first-order valence-electron chi connectivity index (χ1n) is 12.2. The van der Waals surface area contributed by atoms with Gasteiger partial charge in [-0.15, -0.1) is 23.1 Å². The molecule has 0 spiro atoms. The Hall–Kier alpha value is -3.55. The Kier molecular flexibility index (Phi) is 6.49. The second-order valence-electron chi connectivity index (χ2n) is 9.32. The summed E-state index contributed by atoms with van der Waals surface area (Å²) in [4.78, 5) is 14.2. The number of thiophene rings is 1. The number of benzene rings is 2. The van der Waals surface area contributed by atoms with Gasteiger partial charge in [0.15, 0.2) is 0 Å². The highest BCUT2D eigenvalue weighted by atomic mass is 32.2. The van der Waals surface area contributed by atoms with E-state index in [4.69, 9.17) is 4.74 Å². The Morgan fingerprint density at radius 3 is 2.59 bits per heavy atom. The highest BCUT2D eigenvalue weighted by Crippen LogP contribution is 2.51. The number of thioether (sulfide) groups is 1. The SMILES string of the molecule is COC1=CC=C(C2C/C(=N\O)c3c(SCc4ccccc4)sc(C(=O)Nc4ccccc4)c3C2)[C@H]2C=C12. The van der Waals surface area contributed by atoms with Crippen molar-refractivity contribution in [3.05, 3.63) is 117 Å². The van der Waals surface area contributed by atoms with E-state index in [1.807, 2.05) is 54.6 Å². The Balaban J connectivity index is 1.36. The Labute approximate surface area is 224 Å². The van der Waals surface area contributed by atoms with Crippen LogP contribution in [0.4, 0.5) is 5.69 Å². The molecule has 3 aliphatic carbocycles. The molecule has 5 nitrogen and oxygen atoms in total. The first-order valence-corrected chi connectivity index (χ1v) is 14.0. The van der Waals surface area contributed by atoms with E-state index in [1.54, 1.807) is 18.9 Å². The number of methoxy groups -OCH3 is 1. The van der Waals surface area contributed by atoms with Crippen LogP contribution >= 0.6 is 23.1 Å². The molecule has 1 heterocycles. The number of rotatable bonds is 7. The fourth-order valence-electron chi connectivity index (χ4n) is 5.22. The van der Waals surface area contributed by atoms with Crippen molar-refractivity contribution in [2.24, 2.45) is 17.0 Å². The van der Waals surface area contributed by atoms with Crippen LogP contribution in [0, 0.1) is 11.8 Å². The average Bonchev–Trinajstić information content (AvgIpc) is 3.66. The monoisotopic (exact) mass is 526 g/mol. The summed E-state index contributed by atoms with van der Waals surface area (Å²) in [6, 6.07) is 19.8. The Bertz CT molecular complexity index is 1470. The smallest absolute Gasteiger partial charge is 0.266 e. The maximum absolute atomic E-state index is 13.5. The van der Waals surface area contributed by atoms with Crippen molar-refractivity contribution < 1.29 is 14.7 Å². The fraction of sp³-hybridized carbons (Fsp3) is 0.200. The molecule has 0 saturated carbocycles. The van der Waals surface area contributed by atoms with Gasteiger partial charge in [0, 0.05) is 34.9 Å². The summed E-state index contributed by atoms with van der Waals surface area (Å²) < 4.78 is 6.50. The van der Waals surface area contributed by atoms with Crippen molar-refractivity contribution in [2.75, 3.05) is 12.4 Å². The number of fused-ring (bicyclic) bond motifs is 2. The normalized spacial score (nSPS) is 20.8. The van der Waals surface area contributed by atoms with Crippen molar-refractivity contribution in [1.29, 1.82) is 0 Å². The van der Waals surface area contributed by atoms with E-state index in [0.29, 0.717) is 17.0 Å². The molecule has 1 amide bonds. The van der Waals surface area contributed by atoms with Gasteiger partial charge >= 0.3 is 0 Å². The lowest BCUT2D eigenvalue weighted by molar-refractivity contribution is 0.102. The van der Waals surface area contributed by atoms with Crippen LogP contribution in [0.5, 0.6) is 0 Å². The van der Waals surface area contributed by atoms with Gasteiger partial charge in [0.05, 0.1) is 21.9 Å². The minimum Gasteiger partial charge on any atom is -0.496 e. The summed E-state index contributed by atoms with van der Waals surface area (Å²) in [5.74, 6) is 2.00. The number of para-hydroxylation sites is 1. The van der Waals surface area contributed by atoms with Crippen LogP contribution in [0.25, 0.3) is 0 Å². The van der Waals surface area contributed by atoms with Crippen LogP contribution in [0.1, 0.15) is 32.8 Å². The van der Waals surface area contributed by atoms with Gasteiger partial charge in [-0.2, -0.15) is 0 Å². The Morgan fingerprint density at radius 1 is 1.11 bits per heavy atom. The van der Waals surface area contributed by atoms with Gasteiger partial charge in [0.2, 0.25) is 0 Å². The molecule has 0 bridgehead atoms. The van der Waals surface area contributed by atoms with Crippen molar-refractivity contribution in [1.82, 2.24) is 0 Å². The molecule has 186 valence electrons. The maximum atomic E-state index is 13.5. The van der Waals surface area contributed by atoms with Crippen molar-refractivity contribution in [3.8, 4) is 0 Å². The van der Waals surface area contributed by atoms with E-state index >= 15 is 0 Å². The number of allylic oxidation sites excluding steroid dienone is 5. The molecule has 2 atom stereocenters. The number of nitrogens with zero attached hydrogens (tertiary/aromatic N) is 1. The van der Waals surface area contributed by atoms with Crippen molar-refractivity contribution >= 4 is 40.4 Å². The van der Waals surface area contributed by atoms with Gasteiger partial charge in [-0.1, -0.05) is 71.4 Å². The van der Waals surface area contributed by atoms with Gasteiger partial charge in [-0.05, 0) is 41.7 Å². The molecule has 3 aromatic rings. The Morgan fingerprint density at radius 2 is 1.86 bits per heavy atom. The number of ether oxygens (including phenoxy) is 1. The molecule has 0 radical (unpaired) electrons. The minimum atomic E-state index is -0.124. The molecule has 1 unspecified atom stereocenters. The molecule has 2 N–H and O–H groups in total. The molecule has 0 fully saturated rings. The first kappa shape index (κ1) is 23.8. The number of nitrogens with one attached hydrogen (secondary N) is 1. The van der Waals surface area contributed by atoms with Gasteiger partial charge in [-0.25, -0.2) is 0 Å². The van der Waals surface area contributed by atoms with Gasteiger partial charge in [-0.3, -0.25) is 4.79 Å². The maximum Gasteiger partial charge on any atom is 0.266 e. The van der Waals surface area contributed by atoms with Crippen LogP contribution in [0.2, 0.25) is 0 Å².